The summed E-state index contributed by atoms with van der Waals surface area (Å²) in [6.45, 7) is 1.00. The molecule has 122 valence electrons. The SMILES string of the molecule is CN(Cc1ccc(C(N)=O)cc1)Cn1ncc2ccccc2c1=O. The fourth-order valence-corrected chi connectivity index (χ4v) is 2.59. The van der Waals surface area contributed by atoms with Crippen molar-refractivity contribution in [3.8, 4) is 0 Å². The van der Waals surface area contributed by atoms with Gasteiger partial charge in [0.1, 0.15) is 0 Å². The summed E-state index contributed by atoms with van der Waals surface area (Å²) < 4.78 is 1.44. The van der Waals surface area contributed by atoms with Crippen LogP contribution < -0.4 is 11.3 Å². The molecule has 1 aromatic heterocycles. The van der Waals surface area contributed by atoms with Gasteiger partial charge in [-0.3, -0.25) is 14.5 Å². The van der Waals surface area contributed by atoms with Crippen LogP contribution in [0.5, 0.6) is 0 Å². The molecule has 3 rings (SSSR count). The maximum Gasteiger partial charge on any atom is 0.275 e. The number of primary amides is 1. The third-order valence-corrected chi connectivity index (χ3v) is 3.83. The molecule has 0 fully saturated rings. The van der Waals surface area contributed by atoms with E-state index >= 15 is 0 Å². The van der Waals surface area contributed by atoms with Gasteiger partial charge in [-0.25, -0.2) is 4.68 Å². The normalized spacial score (nSPS) is 11.1. The maximum absolute atomic E-state index is 12.5. The molecule has 0 saturated heterocycles. The zero-order valence-corrected chi connectivity index (χ0v) is 13.3. The van der Waals surface area contributed by atoms with E-state index < -0.39 is 5.91 Å². The van der Waals surface area contributed by atoms with E-state index in [4.69, 9.17) is 5.73 Å². The molecule has 1 heterocycles. The van der Waals surface area contributed by atoms with Crippen molar-refractivity contribution in [2.45, 2.75) is 13.2 Å². The summed E-state index contributed by atoms with van der Waals surface area (Å²) >= 11 is 0. The second-order valence-corrected chi connectivity index (χ2v) is 5.75. The van der Waals surface area contributed by atoms with Gasteiger partial charge in [0.05, 0.1) is 18.3 Å². The Balaban J connectivity index is 1.75. The van der Waals surface area contributed by atoms with Crippen molar-refractivity contribution < 1.29 is 4.79 Å². The van der Waals surface area contributed by atoms with Crippen molar-refractivity contribution >= 4 is 16.7 Å². The third kappa shape index (κ3) is 3.33. The molecule has 1 amide bonds. The monoisotopic (exact) mass is 322 g/mol. The van der Waals surface area contributed by atoms with Gasteiger partial charge < -0.3 is 5.73 Å². The zero-order chi connectivity index (χ0) is 17.1. The predicted octanol–water partition coefficient (Wildman–Crippen LogP) is 1.58. The summed E-state index contributed by atoms with van der Waals surface area (Å²) in [5.74, 6) is -0.443. The van der Waals surface area contributed by atoms with Gasteiger partial charge in [0.15, 0.2) is 0 Å². The van der Waals surface area contributed by atoms with Gasteiger partial charge in [-0.2, -0.15) is 5.10 Å². The van der Waals surface area contributed by atoms with Crippen LogP contribution in [0, 0.1) is 0 Å². The molecule has 3 aromatic rings. The highest BCUT2D eigenvalue weighted by atomic mass is 16.1. The van der Waals surface area contributed by atoms with Crippen LogP contribution in [-0.2, 0) is 13.2 Å². The van der Waals surface area contributed by atoms with Crippen molar-refractivity contribution in [1.29, 1.82) is 0 Å². The average molecular weight is 322 g/mol. The summed E-state index contributed by atoms with van der Waals surface area (Å²) in [6, 6.07) is 14.5. The average Bonchev–Trinajstić information content (AvgIpc) is 2.58. The number of rotatable bonds is 5. The second-order valence-electron chi connectivity index (χ2n) is 5.75. The van der Waals surface area contributed by atoms with Gasteiger partial charge in [0, 0.05) is 17.5 Å². The number of nitrogens with two attached hydrogens (primary N) is 1. The van der Waals surface area contributed by atoms with Gasteiger partial charge in [-0.05, 0) is 30.8 Å². The number of benzene rings is 2. The number of amides is 1. The predicted molar refractivity (Wildman–Crippen MR) is 92.4 cm³/mol. The molecule has 24 heavy (non-hydrogen) atoms. The van der Waals surface area contributed by atoms with Crippen molar-refractivity contribution in [2.75, 3.05) is 7.05 Å². The molecule has 2 N–H and O–H groups in total. The Morgan fingerprint density at radius 2 is 1.88 bits per heavy atom. The smallest absolute Gasteiger partial charge is 0.275 e. The number of aromatic nitrogens is 2. The summed E-state index contributed by atoms with van der Waals surface area (Å²) in [5, 5.41) is 5.72. The Morgan fingerprint density at radius 3 is 2.58 bits per heavy atom. The first-order chi connectivity index (χ1) is 11.5. The lowest BCUT2D eigenvalue weighted by atomic mass is 10.1. The molecular weight excluding hydrogens is 304 g/mol. The third-order valence-electron chi connectivity index (χ3n) is 3.83. The van der Waals surface area contributed by atoms with Crippen molar-refractivity contribution in [1.82, 2.24) is 14.7 Å². The number of hydrogen-bond acceptors (Lipinski definition) is 4. The Kier molecular flexibility index (Phi) is 4.39. The molecular formula is C18H18N4O2. The largest absolute Gasteiger partial charge is 0.366 e. The van der Waals surface area contributed by atoms with Crippen molar-refractivity contribution in [2.24, 2.45) is 5.73 Å². The number of fused-ring (bicyclic) bond motifs is 1. The van der Waals surface area contributed by atoms with Crippen LogP contribution >= 0.6 is 0 Å². The highest BCUT2D eigenvalue weighted by Gasteiger charge is 2.07. The topological polar surface area (TPSA) is 81.2 Å². The minimum atomic E-state index is -0.443. The number of hydrogen-bond donors (Lipinski definition) is 1. The summed E-state index contributed by atoms with van der Waals surface area (Å²) in [6.07, 6.45) is 1.70. The van der Waals surface area contributed by atoms with Gasteiger partial charge in [-0.15, -0.1) is 0 Å². The first-order valence-electron chi connectivity index (χ1n) is 7.57. The Bertz CT molecular complexity index is 932. The highest BCUT2D eigenvalue weighted by molar-refractivity contribution is 5.92. The fourth-order valence-electron chi connectivity index (χ4n) is 2.59. The highest BCUT2D eigenvalue weighted by Crippen LogP contribution is 2.08. The van der Waals surface area contributed by atoms with Crippen LogP contribution in [0.25, 0.3) is 10.8 Å². The van der Waals surface area contributed by atoms with E-state index in [9.17, 15) is 9.59 Å². The molecule has 0 saturated carbocycles. The van der Waals surface area contributed by atoms with Gasteiger partial charge in [-0.1, -0.05) is 30.3 Å². The molecule has 2 aromatic carbocycles. The first-order valence-corrected chi connectivity index (χ1v) is 7.57. The minimum Gasteiger partial charge on any atom is -0.366 e. The van der Waals surface area contributed by atoms with E-state index in [0.29, 0.717) is 24.2 Å². The van der Waals surface area contributed by atoms with Crippen LogP contribution in [0.15, 0.2) is 59.5 Å². The zero-order valence-electron chi connectivity index (χ0n) is 13.3. The maximum atomic E-state index is 12.5. The van der Waals surface area contributed by atoms with Gasteiger partial charge >= 0.3 is 0 Å². The Morgan fingerprint density at radius 1 is 1.17 bits per heavy atom. The lowest BCUT2D eigenvalue weighted by Gasteiger charge is -2.17. The summed E-state index contributed by atoms with van der Waals surface area (Å²) in [4.78, 5) is 25.5. The van der Waals surface area contributed by atoms with E-state index in [1.165, 1.54) is 4.68 Å². The number of nitrogens with zero attached hydrogens (tertiary/aromatic N) is 3. The van der Waals surface area contributed by atoms with Crippen LogP contribution in [0.2, 0.25) is 0 Å². The standard InChI is InChI=1S/C18H18N4O2/c1-21(11-13-6-8-14(9-7-13)17(19)23)12-22-18(24)16-5-3-2-4-15(16)10-20-22/h2-10H,11-12H2,1H3,(H2,19,23). The molecule has 6 heteroatoms. The molecule has 0 aliphatic heterocycles. The van der Waals surface area contributed by atoms with Crippen LogP contribution in [0.3, 0.4) is 0 Å². The quantitative estimate of drug-likeness (QED) is 0.773. The number of carbonyl (C=O) groups is 1. The molecule has 0 aliphatic carbocycles. The molecule has 0 spiro atoms. The van der Waals surface area contributed by atoms with E-state index in [2.05, 4.69) is 5.10 Å². The molecule has 0 bridgehead atoms. The van der Waals surface area contributed by atoms with Crippen molar-refractivity contribution in [3.63, 3.8) is 0 Å². The fraction of sp³-hybridized carbons (Fsp3) is 0.167. The Labute approximate surface area is 139 Å². The molecule has 6 nitrogen and oxygen atoms in total. The van der Waals surface area contributed by atoms with Crippen LogP contribution in [-0.4, -0.2) is 27.6 Å². The van der Waals surface area contributed by atoms with Crippen LogP contribution in [0.1, 0.15) is 15.9 Å². The number of carbonyl (C=O) groups excluding carboxylic acids is 1. The molecule has 0 unspecified atom stereocenters. The summed E-state index contributed by atoms with van der Waals surface area (Å²) in [7, 11) is 1.91. The lowest BCUT2D eigenvalue weighted by Crippen LogP contribution is -2.31. The minimum absolute atomic E-state index is 0.107. The molecule has 0 radical (unpaired) electrons. The molecule has 0 aliphatic rings. The summed E-state index contributed by atoms with van der Waals surface area (Å²) in [5.41, 5.74) is 6.63. The Hall–Kier alpha value is -2.99. The van der Waals surface area contributed by atoms with Gasteiger partial charge in [0.25, 0.3) is 5.56 Å². The van der Waals surface area contributed by atoms with Crippen molar-refractivity contribution in [3.05, 3.63) is 76.2 Å². The van der Waals surface area contributed by atoms with E-state index in [0.717, 1.165) is 10.9 Å². The van der Waals surface area contributed by atoms with E-state index in [1.54, 1.807) is 24.4 Å². The second kappa shape index (κ2) is 6.64. The lowest BCUT2D eigenvalue weighted by molar-refractivity contribution is 0.100. The van der Waals surface area contributed by atoms with E-state index in [1.807, 2.05) is 42.3 Å². The van der Waals surface area contributed by atoms with E-state index in [-0.39, 0.29) is 5.56 Å². The molecule has 0 atom stereocenters. The first kappa shape index (κ1) is 15.9. The van der Waals surface area contributed by atoms with Gasteiger partial charge in [0.2, 0.25) is 5.91 Å². The van der Waals surface area contributed by atoms with Crippen LogP contribution in [0.4, 0.5) is 0 Å².